The summed E-state index contributed by atoms with van der Waals surface area (Å²) < 4.78 is 29.4. The maximum Gasteiger partial charge on any atom is 0.243 e. The van der Waals surface area contributed by atoms with Gasteiger partial charge in [-0.1, -0.05) is 54.6 Å². The van der Waals surface area contributed by atoms with E-state index in [0.717, 1.165) is 10.5 Å². The molecule has 1 atom stereocenters. The molecule has 168 valence electrons. The summed E-state index contributed by atoms with van der Waals surface area (Å²) in [5, 5.41) is 3.56. The number of para-hydroxylation sites is 1. The highest BCUT2D eigenvalue weighted by Gasteiger charge is 2.28. The molecule has 0 spiro atoms. The molecule has 0 aliphatic heterocycles. The van der Waals surface area contributed by atoms with Crippen molar-refractivity contribution in [2.24, 2.45) is 0 Å². The molecule has 0 saturated carbocycles. The zero-order chi connectivity index (χ0) is 23.3. The van der Waals surface area contributed by atoms with Gasteiger partial charge >= 0.3 is 0 Å². The number of carbonyl (C=O) groups excluding carboxylic acids is 1. The largest absolute Gasteiger partial charge is 0.325 e. The number of amides is 1. The molecule has 0 bridgehead atoms. The van der Waals surface area contributed by atoms with Gasteiger partial charge in [-0.2, -0.15) is 4.72 Å². The maximum atomic E-state index is 13.4. The average Bonchev–Trinajstić information content (AvgIpc) is 2.84. The van der Waals surface area contributed by atoms with Gasteiger partial charge in [-0.3, -0.25) is 9.78 Å². The Hall–Kier alpha value is -3.20. The van der Waals surface area contributed by atoms with Crippen LogP contribution >= 0.6 is 11.8 Å². The van der Waals surface area contributed by atoms with Crippen molar-refractivity contribution in [3.8, 4) is 0 Å². The number of nitrogens with one attached hydrogen (secondary N) is 2. The summed E-state index contributed by atoms with van der Waals surface area (Å²) in [5.74, 6) is -0.436. The predicted octanol–water partition coefficient (Wildman–Crippen LogP) is 4.49. The van der Waals surface area contributed by atoms with Crippen LogP contribution in [0.4, 0.5) is 5.69 Å². The third-order valence-electron chi connectivity index (χ3n) is 5.12. The van der Waals surface area contributed by atoms with Gasteiger partial charge in [0.05, 0.1) is 5.52 Å². The quantitative estimate of drug-likeness (QED) is 0.365. The summed E-state index contributed by atoms with van der Waals surface area (Å²) in [6.45, 7) is 0. The SMILES string of the molecule is CSc1cccc(NC(=O)[C@H](Cc2ccccc2)NS(=O)(=O)c2cccc3cccnc23)c1. The van der Waals surface area contributed by atoms with E-state index in [2.05, 4.69) is 15.0 Å². The number of anilines is 1. The number of rotatable bonds is 8. The minimum atomic E-state index is -4.03. The molecule has 1 aromatic heterocycles. The Balaban J connectivity index is 1.66. The molecule has 0 saturated heterocycles. The van der Waals surface area contributed by atoms with Crippen LogP contribution in [-0.4, -0.2) is 31.6 Å². The van der Waals surface area contributed by atoms with Crippen molar-refractivity contribution in [3.05, 3.63) is 96.7 Å². The van der Waals surface area contributed by atoms with Gasteiger partial charge in [-0.05, 0) is 48.6 Å². The number of sulfonamides is 1. The first-order chi connectivity index (χ1) is 16.0. The second-order valence-electron chi connectivity index (χ2n) is 7.42. The summed E-state index contributed by atoms with van der Waals surface area (Å²) in [5.41, 5.74) is 1.81. The minimum Gasteiger partial charge on any atom is -0.325 e. The summed E-state index contributed by atoms with van der Waals surface area (Å²) >= 11 is 1.56. The number of benzene rings is 3. The lowest BCUT2D eigenvalue weighted by Gasteiger charge is -2.19. The summed E-state index contributed by atoms with van der Waals surface area (Å²) in [6.07, 6.45) is 3.70. The number of thioether (sulfide) groups is 1. The van der Waals surface area contributed by atoms with Crippen molar-refractivity contribution in [1.82, 2.24) is 9.71 Å². The monoisotopic (exact) mass is 477 g/mol. The molecule has 0 radical (unpaired) electrons. The van der Waals surface area contributed by atoms with Crippen molar-refractivity contribution in [1.29, 1.82) is 0 Å². The second kappa shape index (κ2) is 10.2. The zero-order valence-electron chi connectivity index (χ0n) is 17.9. The van der Waals surface area contributed by atoms with Crippen molar-refractivity contribution >= 4 is 44.3 Å². The molecule has 1 heterocycles. The maximum absolute atomic E-state index is 13.4. The molecular weight excluding hydrogens is 454 g/mol. The summed E-state index contributed by atoms with van der Waals surface area (Å²) in [4.78, 5) is 18.5. The number of aromatic nitrogens is 1. The van der Waals surface area contributed by atoms with Crippen LogP contribution in [0.5, 0.6) is 0 Å². The van der Waals surface area contributed by atoms with Crippen LogP contribution in [0.25, 0.3) is 10.9 Å². The van der Waals surface area contributed by atoms with Gasteiger partial charge in [0.25, 0.3) is 0 Å². The number of hydrogen-bond acceptors (Lipinski definition) is 5. The van der Waals surface area contributed by atoms with Gasteiger partial charge in [0.15, 0.2) is 0 Å². The number of pyridine rings is 1. The van der Waals surface area contributed by atoms with Crippen molar-refractivity contribution in [3.63, 3.8) is 0 Å². The van der Waals surface area contributed by atoms with E-state index in [1.165, 1.54) is 6.07 Å². The van der Waals surface area contributed by atoms with E-state index in [4.69, 9.17) is 0 Å². The first-order valence-corrected chi connectivity index (χ1v) is 13.0. The fourth-order valence-corrected chi connectivity index (χ4v) is 5.35. The fourth-order valence-electron chi connectivity index (χ4n) is 3.51. The van der Waals surface area contributed by atoms with Gasteiger partial charge in [0.1, 0.15) is 10.9 Å². The van der Waals surface area contributed by atoms with Gasteiger partial charge in [0, 0.05) is 22.2 Å². The third kappa shape index (κ3) is 5.60. The number of hydrogen-bond donors (Lipinski definition) is 2. The van der Waals surface area contributed by atoms with Crippen LogP contribution in [-0.2, 0) is 21.2 Å². The smallest absolute Gasteiger partial charge is 0.243 e. The molecule has 0 aliphatic carbocycles. The molecule has 0 fully saturated rings. The molecule has 4 rings (SSSR count). The molecule has 4 aromatic rings. The van der Waals surface area contributed by atoms with Gasteiger partial charge in [-0.25, -0.2) is 8.42 Å². The molecule has 2 N–H and O–H groups in total. The molecule has 8 heteroatoms. The highest BCUT2D eigenvalue weighted by molar-refractivity contribution is 7.98. The van der Waals surface area contributed by atoms with E-state index in [0.29, 0.717) is 16.6 Å². The Labute approximate surface area is 197 Å². The molecular formula is C25H23N3O3S2. The van der Waals surface area contributed by atoms with Crippen molar-refractivity contribution in [2.45, 2.75) is 22.3 Å². The van der Waals surface area contributed by atoms with Crippen LogP contribution < -0.4 is 10.0 Å². The molecule has 33 heavy (non-hydrogen) atoms. The van der Waals surface area contributed by atoms with Crippen molar-refractivity contribution in [2.75, 3.05) is 11.6 Å². The summed E-state index contributed by atoms with van der Waals surface area (Å²) in [6, 6.07) is 24.2. The van der Waals surface area contributed by atoms with Crippen LogP contribution in [0, 0.1) is 0 Å². The predicted molar refractivity (Wildman–Crippen MR) is 133 cm³/mol. The Morgan fingerprint density at radius 2 is 1.73 bits per heavy atom. The van der Waals surface area contributed by atoms with Gasteiger partial charge < -0.3 is 5.32 Å². The fraction of sp³-hybridized carbons (Fsp3) is 0.120. The molecule has 0 unspecified atom stereocenters. The van der Waals surface area contributed by atoms with E-state index in [9.17, 15) is 13.2 Å². The highest BCUT2D eigenvalue weighted by Crippen LogP contribution is 2.22. The lowest BCUT2D eigenvalue weighted by molar-refractivity contribution is -0.117. The van der Waals surface area contributed by atoms with Gasteiger partial charge in [0.2, 0.25) is 15.9 Å². The van der Waals surface area contributed by atoms with E-state index in [1.807, 2.05) is 54.8 Å². The lowest BCUT2D eigenvalue weighted by atomic mass is 10.1. The van der Waals surface area contributed by atoms with Crippen LogP contribution in [0.15, 0.2) is 101 Å². The van der Waals surface area contributed by atoms with Crippen LogP contribution in [0.1, 0.15) is 5.56 Å². The van der Waals surface area contributed by atoms with E-state index < -0.39 is 22.0 Å². The molecule has 6 nitrogen and oxygen atoms in total. The number of nitrogens with zero attached hydrogens (tertiary/aromatic N) is 1. The Bertz CT molecular complexity index is 1370. The minimum absolute atomic E-state index is 0.0378. The third-order valence-corrected chi connectivity index (χ3v) is 7.35. The Kier molecular flexibility index (Phi) is 7.08. The first kappa shape index (κ1) is 23.0. The van der Waals surface area contributed by atoms with E-state index in [1.54, 1.807) is 48.3 Å². The average molecular weight is 478 g/mol. The molecule has 0 aliphatic rings. The second-order valence-corrected chi connectivity index (χ2v) is 9.98. The Morgan fingerprint density at radius 1 is 0.970 bits per heavy atom. The summed E-state index contributed by atoms with van der Waals surface area (Å²) in [7, 11) is -4.03. The highest BCUT2D eigenvalue weighted by atomic mass is 32.2. The van der Waals surface area contributed by atoms with E-state index in [-0.39, 0.29) is 11.3 Å². The van der Waals surface area contributed by atoms with Crippen LogP contribution in [0.2, 0.25) is 0 Å². The van der Waals surface area contributed by atoms with E-state index >= 15 is 0 Å². The Morgan fingerprint density at radius 3 is 2.52 bits per heavy atom. The normalized spacial score (nSPS) is 12.4. The zero-order valence-corrected chi connectivity index (χ0v) is 19.6. The lowest BCUT2D eigenvalue weighted by Crippen LogP contribution is -2.45. The number of fused-ring (bicyclic) bond motifs is 1. The number of carbonyl (C=O) groups is 1. The van der Waals surface area contributed by atoms with Gasteiger partial charge in [-0.15, -0.1) is 11.8 Å². The van der Waals surface area contributed by atoms with Crippen LogP contribution in [0.3, 0.4) is 0 Å². The standard InChI is InChI=1S/C25H23N3O3S2/c1-32-21-13-6-12-20(17-21)27-25(29)22(16-18-8-3-2-4-9-18)28-33(30,31)23-14-5-10-19-11-7-15-26-24(19)23/h2-15,17,22,28H,16H2,1H3,(H,27,29)/t22-/m0/s1. The topological polar surface area (TPSA) is 88.2 Å². The first-order valence-electron chi connectivity index (χ1n) is 10.3. The molecule has 3 aromatic carbocycles. The van der Waals surface area contributed by atoms with Crippen molar-refractivity contribution < 1.29 is 13.2 Å². The molecule has 1 amide bonds.